The molecule has 0 saturated heterocycles. The summed E-state index contributed by atoms with van der Waals surface area (Å²) < 4.78 is 5.44. The van der Waals surface area contributed by atoms with Crippen LogP contribution in [0.4, 0.5) is 0 Å². The molecule has 510 valence electrons. The molecular weight excluding hydrogens is 1420 g/mol. The van der Waals surface area contributed by atoms with Crippen LogP contribution < -0.4 is 0 Å². The van der Waals surface area contributed by atoms with Gasteiger partial charge in [0.25, 0.3) is 0 Å². The molecule has 10 aliphatic carbocycles. The van der Waals surface area contributed by atoms with E-state index >= 15 is 9.59 Å². The summed E-state index contributed by atoms with van der Waals surface area (Å²) in [6.45, 7) is 0. The molecule has 0 atom stereocenters. The van der Waals surface area contributed by atoms with E-state index in [1.54, 1.807) is 28.7 Å². The zero-order valence-electron chi connectivity index (χ0n) is 57.6. The molecule has 6 aromatic heterocycles. The van der Waals surface area contributed by atoms with Gasteiger partial charge in [0.15, 0.2) is 23.1 Å². The first-order valence-corrected chi connectivity index (χ1v) is 42.2. The number of thiophene rings is 6. The number of hydrogen-bond donors (Lipinski definition) is 0. The molecule has 6 aromatic carbocycles. The summed E-state index contributed by atoms with van der Waals surface area (Å²) in [6, 6.07) is 45.8. The Morgan fingerprint density at radius 3 is 1.18 bits per heavy atom. The summed E-state index contributed by atoms with van der Waals surface area (Å²) in [5.41, 5.74) is 12.0. The maximum Gasteiger partial charge on any atom is 0.197 e. The van der Waals surface area contributed by atoms with Crippen LogP contribution in [-0.4, -0.2) is 23.1 Å². The predicted octanol–water partition coefficient (Wildman–Crippen LogP) is 24.7. The predicted molar refractivity (Wildman–Crippen MR) is 432 cm³/mol. The third-order valence-electron chi connectivity index (χ3n) is 26.8. The van der Waals surface area contributed by atoms with Crippen LogP contribution in [0, 0.1) is 57.2 Å². The van der Waals surface area contributed by atoms with Gasteiger partial charge in [0, 0.05) is 84.3 Å². The number of hydrogen-bond acceptors (Lipinski definition) is 14. The third-order valence-corrected chi connectivity index (χ3v) is 34.3. The number of fused-ring (bicyclic) bond motifs is 26. The van der Waals surface area contributed by atoms with Crippen LogP contribution in [0.1, 0.15) is 210 Å². The summed E-state index contributed by atoms with van der Waals surface area (Å²) in [5, 5.41) is 48.1. The highest BCUT2D eigenvalue weighted by atomic mass is 32.1. The molecule has 0 unspecified atom stereocenters. The smallest absolute Gasteiger partial charge is 0.197 e. The van der Waals surface area contributed by atoms with Crippen molar-refractivity contribution in [2.75, 3.05) is 0 Å². The molecule has 0 amide bonds. The lowest BCUT2D eigenvalue weighted by Gasteiger charge is -2.45. The first-order chi connectivity index (χ1) is 51.8. The first-order valence-electron chi connectivity index (χ1n) is 37.3. The fraction of sp³-hybridized carbons (Fsp3) is 0.261. The SMILES string of the molecule is N#CC(C#N)=CC1=Cc2sc3c4c(sc3c2C12CCCCC2)-c1sc(C=C(C#N)C#N)cc1C41CCC(C2CCC3(CC2)C(C=C2C(=O)c4cc5cc6ccccc6cc5cc4C2=O)=Cc2sc4c5c(sc4c23)-c2sc(C=C3C(=O)c4cc6cc7ccccc7cc6cc4C3=O)cc2C52CCCCC2)CC1. The Bertz CT molecular complexity index is 6400. The fourth-order valence-corrected chi connectivity index (χ4v) is 31.1. The number of allylic oxidation sites excluding steroid dienone is 8. The van der Waals surface area contributed by atoms with Gasteiger partial charge in [-0.2, -0.15) is 21.0 Å². The minimum absolute atomic E-state index is 0.100. The number of Topliss-reactive ketones (excluding diaryl/α,β-unsaturated/α-hetero) is 4. The van der Waals surface area contributed by atoms with Crippen molar-refractivity contribution >= 4 is 177 Å². The molecule has 12 aromatic rings. The third kappa shape index (κ3) is 8.61. The summed E-state index contributed by atoms with van der Waals surface area (Å²) in [7, 11) is 0. The largest absolute Gasteiger partial charge is 0.288 e. The van der Waals surface area contributed by atoms with Crippen LogP contribution >= 0.6 is 68.0 Å². The quantitative estimate of drug-likeness (QED) is 0.0711. The van der Waals surface area contributed by atoms with E-state index in [1.165, 1.54) is 94.3 Å². The van der Waals surface area contributed by atoms with Gasteiger partial charge in [0.05, 0.1) is 39.7 Å². The number of benzene rings is 6. The second kappa shape index (κ2) is 22.8. The maximum absolute atomic E-state index is 15.1. The van der Waals surface area contributed by atoms with Gasteiger partial charge >= 0.3 is 0 Å². The van der Waals surface area contributed by atoms with Crippen LogP contribution in [0.5, 0.6) is 0 Å². The lowest BCUT2D eigenvalue weighted by molar-refractivity contribution is 0.0973. The average molecular weight is 1480 g/mol. The monoisotopic (exact) mass is 1480 g/mol. The van der Waals surface area contributed by atoms with Gasteiger partial charge in [-0.05, 0) is 262 Å². The van der Waals surface area contributed by atoms with Crippen molar-refractivity contribution in [3.8, 4) is 43.8 Å². The normalized spacial score (nSPS) is 22.4. The number of carbonyl (C=O) groups is 4. The second-order valence-corrected chi connectivity index (χ2v) is 37.9. The van der Waals surface area contributed by atoms with Crippen molar-refractivity contribution < 1.29 is 19.2 Å². The Morgan fingerprint density at radius 1 is 0.358 bits per heavy atom. The van der Waals surface area contributed by atoms with E-state index < -0.39 is 5.41 Å². The van der Waals surface area contributed by atoms with Gasteiger partial charge in [0.1, 0.15) is 35.4 Å². The van der Waals surface area contributed by atoms with Crippen molar-refractivity contribution in [1.82, 2.24) is 0 Å². The van der Waals surface area contributed by atoms with Crippen molar-refractivity contribution in [2.45, 2.75) is 137 Å². The van der Waals surface area contributed by atoms with E-state index in [9.17, 15) is 30.6 Å². The lowest BCUT2D eigenvalue weighted by Crippen LogP contribution is -2.37. The molecule has 0 bridgehead atoms. The molecule has 4 spiro atoms. The van der Waals surface area contributed by atoms with Crippen molar-refractivity contribution in [1.29, 1.82) is 21.0 Å². The van der Waals surface area contributed by atoms with Gasteiger partial charge in [-0.3, -0.25) is 19.2 Å². The molecule has 10 aliphatic rings. The highest BCUT2D eigenvalue weighted by molar-refractivity contribution is 7.33. The summed E-state index contributed by atoms with van der Waals surface area (Å²) in [6.07, 6.45) is 30.9. The van der Waals surface area contributed by atoms with Crippen molar-refractivity contribution in [3.05, 3.63) is 230 Å². The maximum atomic E-state index is 15.1. The Labute approximate surface area is 635 Å². The molecule has 22 rings (SSSR count). The van der Waals surface area contributed by atoms with Gasteiger partial charge in [-0.1, -0.05) is 87.1 Å². The molecule has 4 fully saturated rings. The zero-order valence-corrected chi connectivity index (χ0v) is 62.5. The molecule has 8 nitrogen and oxygen atoms in total. The number of carbonyl (C=O) groups excluding carboxylic acids is 4. The highest BCUT2D eigenvalue weighted by Crippen LogP contribution is 2.71. The summed E-state index contributed by atoms with van der Waals surface area (Å²) in [4.78, 5) is 68.8. The standard InChI is InChI=1S/C92H62N4O4S6/c93-43-47(44-94)27-59-38-71-73(89(59)19-7-1-8-20-89)83-88(103-71)76-86(105-83)82-70(41-61(101-82)28-48(45-95)46-96)92(76)25-17-50(18-26-92)49-15-23-90(24-16-49)60(37-67-77(97)63-33-55-29-51-11-3-4-12-52(51)30-56(55)34-64(63)78(67)98)39-72-74(90)84-87(104-72)75-85(106-84)81-69(91(75)21-9-2-10-22-91)42-62(102-81)40-68-79(99)65-35-57-31-53-13-5-6-14-54(53)32-58(57)36-66(65)80(68)100/h3-6,11-14,27-42,49-50H,1-2,7-10,15-26H2. The number of nitrogens with zero attached hydrogens (tertiary/aromatic N) is 4. The van der Waals surface area contributed by atoms with Crippen LogP contribution in [0.3, 0.4) is 0 Å². The van der Waals surface area contributed by atoms with E-state index in [0.29, 0.717) is 34.1 Å². The number of rotatable bonds is 5. The first kappa shape index (κ1) is 63.4. The Balaban J connectivity index is 0.627. The van der Waals surface area contributed by atoms with E-state index in [1.807, 2.05) is 112 Å². The number of ketones is 4. The van der Waals surface area contributed by atoms with Crippen LogP contribution in [0.15, 0.2) is 155 Å². The Hall–Kier alpha value is -9.84. The van der Waals surface area contributed by atoms with Crippen molar-refractivity contribution in [3.63, 3.8) is 0 Å². The molecule has 0 radical (unpaired) electrons. The summed E-state index contributed by atoms with van der Waals surface area (Å²) in [5.74, 6) is 0.0983. The Kier molecular flexibility index (Phi) is 13.7. The summed E-state index contributed by atoms with van der Waals surface area (Å²) >= 11 is 11.1. The molecule has 4 saturated carbocycles. The fourth-order valence-electron chi connectivity index (χ4n) is 21.9. The topological polar surface area (TPSA) is 163 Å². The van der Waals surface area contributed by atoms with E-state index in [2.05, 4.69) is 97.1 Å². The van der Waals surface area contributed by atoms with Crippen LogP contribution in [-0.2, 0) is 21.7 Å². The van der Waals surface area contributed by atoms with Gasteiger partial charge in [0.2, 0.25) is 0 Å². The average Bonchev–Trinajstić information content (AvgIpc) is 1.51. The second-order valence-electron chi connectivity index (χ2n) is 31.6. The van der Waals surface area contributed by atoms with E-state index in [4.69, 9.17) is 0 Å². The zero-order chi connectivity index (χ0) is 71.0. The van der Waals surface area contributed by atoms with Gasteiger partial charge in [-0.25, -0.2) is 0 Å². The molecular formula is C92H62N4O4S6. The van der Waals surface area contributed by atoms with E-state index in [0.717, 1.165) is 167 Å². The van der Waals surface area contributed by atoms with Crippen LogP contribution in [0.25, 0.3) is 106 Å². The van der Waals surface area contributed by atoms with Crippen LogP contribution in [0.2, 0.25) is 0 Å². The molecule has 106 heavy (non-hydrogen) atoms. The molecule has 14 heteroatoms. The van der Waals surface area contributed by atoms with Crippen molar-refractivity contribution in [2.24, 2.45) is 11.8 Å². The van der Waals surface area contributed by atoms with Gasteiger partial charge in [-0.15, -0.1) is 68.0 Å². The van der Waals surface area contributed by atoms with E-state index in [-0.39, 0.29) is 61.7 Å². The Morgan fingerprint density at radius 2 is 0.726 bits per heavy atom. The van der Waals surface area contributed by atoms with Gasteiger partial charge < -0.3 is 0 Å². The lowest BCUT2D eigenvalue weighted by atomic mass is 9.58. The minimum Gasteiger partial charge on any atom is -0.288 e. The number of nitriles is 4. The molecule has 0 N–H and O–H groups in total. The highest BCUT2D eigenvalue weighted by Gasteiger charge is 2.56. The minimum atomic E-state index is -0.444. The molecule has 6 heterocycles. The molecule has 0 aliphatic heterocycles.